The number of nitrogens with zero attached hydrogens (tertiary/aromatic N) is 2. The number of allylic oxidation sites excluding steroid dienone is 5. The number of carbonyl (C=O) groups excluding carboxylic acids is 1. The zero-order chi connectivity index (χ0) is 15.1. The smallest absolute Gasteiger partial charge is 0.413 e. The van der Waals surface area contributed by atoms with Crippen LogP contribution in [0.4, 0.5) is 0 Å². The molecule has 4 heteroatoms. The number of esters is 1. The Morgan fingerprint density at radius 1 is 1.15 bits per heavy atom. The zero-order valence-corrected chi connectivity index (χ0v) is 12.4. The van der Waals surface area contributed by atoms with Crippen LogP contribution in [0.15, 0.2) is 36.0 Å². The SMILES string of the molecule is CCC=CCCC=CCC/C(C)=C\COC(=O)C=[N+]=[N-]. The minimum absolute atomic E-state index is 0.211. The fraction of sp³-hybridized carbons (Fsp3) is 0.500. The van der Waals surface area contributed by atoms with E-state index in [1.807, 2.05) is 13.0 Å². The Morgan fingerprint density at radius 2 is 1.80 bits per heavy atom. The summed E-state index contributed by atoms with van der Waals surface area (Å²) in [5.74, 6) is -0.642. The van der Waals surface area contributed by atoms with Crippen LogP contribution in [-0.2, 0) is 9.53 Å². The number of unbranched alkanes of at least 4 members (excludes halogenated alkanes) is 1. The van der Waals surface area contributed by atoms with E-state index in [1.165, 1.54) is 5.57 Å². The molecule has 0 spiro atoms. The van der Waals surface area contributed by atoms with Crippen molar-refractivity contribution in [2.75, 3.05) is 6.61 Å². The standard InChI is InChI=1S/C16H24N2O2/c1-3-4-5-6-7-8-9-10-11-15(2)12-13-20-16(19)14-18-17/h4-5,8-9,12,14H,3,6-7,10-11,13H2,1-2H3/b5-4?,9-8?,15-12-. The predicted octanol–water partition coefficient (Wildman–Crippen LogP) is 3.86. The van der Waals surface area contributed by atoms with Gasteiger partial charge in [0.15, 0.2) is 0 Å². The molecular weight excluding hydrogens is 252 g/mol. The molecule has 0 aromatic heterocycles. The van der Waals surface area contributed by atoms with Gasteiger partial charge in [-0.05, 0) is 45.1 Å². The molecule has 0 aliphatic carbocycles. The molecule has 20 heavy (non-hydrogen) atoms. The van der Waals surface area contributed by atoms with Gasteiger partial charge in [-0.25, -0.2) is 4.79 Å². The summed E-state index contributed by atoms with van der Waals surface area (Å²) in [4.78, 5) is 13.5. The molecule has 0 N–H and O–H groups in total. The second kappa shape index (κ2) is 13.5. The highest BCUT2D eigenvalue weighted by atomic mass is 16.5. The predicted molar refractivity (Wildman–Crippen MR) is 81.4 cm³/mol. The van der Waals surface area contributed by atoms with Gasteiger partial charge in [-0.15, -0.1) is 0 Å². The Hall–Kier alpha value is -1.93. The van der Waals surface area contributed by atoms with Gasteiger partial charge in [0, 0.05) is 0 Å². The van der Waals surface area contributed by atoms with Crippen molar-refractivity contribution in [1.82, 2.24) is 0 Å². The molecule has 0 heterocycles. The van der Waals surface area contributed by atoms with E-state index in [0.29, 0.717) is 0 Å². The van der Waals surface area contributed by atoms with Crippen molar-refractivity contribution >= 4 is 12.2 Å². The maximum absolute atomic E-state index is 10.9. The lowest BCUT2D eigenvalue weighted by Gasteiger charge is -1.98. The van der Waals surface area contributed by atoms with E-state index in [9.17, 15) is 4.79 Å². The van der Waals surface area contributed by atoms with Gasteiger partial charge in [0.25, 0.3) is 0 Å². The summed E-state index contributed by atoms with van der Waals surface area (Å²) in [6.07, 6.45) is 16.6. The molecule has 0 aromatic carbocycles. The molecule has 0 bridgehead atoms. The molecular formula is C16H24N2O2. The van der Waals surface area contributed by atoms with E-state index in [4.69, 9.17) is 10.3 Å². The Labute approximate surface area is 121 Å². The van der Waals surface area contributed by atoms with Gasteiger partial charge in [-0.1, -0.05) is 36.8 Å². The summed E-state index contributed by atoms with van der Waals surface area (Å²) in [5.41, 5.74) is 9.30. The maximum Gasteiger partial charge on any atom is 0.413 e. The summed E-state index contributed by atoms with van der Waals surface area (Å²) in [6, 6.07) is 0. The highest BCUT2D eigenvalue weighted by Gasteiger charge is 2.00. The molecule has 0 aromatic rings. The quantitative estimate of drug-likeness (QED) is 0.152. The van der Waals surface area contributed by atoms with Crippen molar-refractivity contribution in [1.29, 1.82) is 0 Å². The second-order valence-corrected chi connectivity index (χ2v) is 4.39. The Bertz CT molecular complexity index is 403. The van der Waals surface area contributed by atoms with Crippen LogP contribution in [0.3, 0.4) is 0 Å². The Morgan fingerprint density at radius 3 is 2.45 bits per heavy atom. The van der Waals surface area contributed by atoms with E-state index in [1.54, 1.807) is 0 Å². The lowest BCUT2D eigenvalue weighted by Crippen LogP contribution is -2.06. The molecule has 0 saturated carbocycles. The third-order valence-electron chi connectivity index (χ3n) is 2.59. The third kappa shape index (κ3) is 12.5. The molecule has 0 amide bonds. The summed E-state index contributed by atoms with van der Waals surface area (Å²) < 4.78 is 4.79. The molecule has 0 aliphatic heterocycles. The van der Waals surface area contributed by atoms with Gasteiger partial charge in [0.2, 0.25) is 0 Å². The van der Waals surface area contributed by atoms with Crippen molar-refractivity contribution in [3.8, 4) is 0 Å². The van der Waals surface area contributed by atoms with Crippen LogP contribution < -0.4 is 0 Å². The molecule has 0 rings (SSSR count). The first-order chi connectivity index (χ1) is 9.70. The van der Waals surface area contributed by atoms with Crippen LogP contribution in [0, 0.1) is 0 Å². The maximum atomic E-state index is 10.9. The molecule has 0 unspecified atom stereocenters. The van der Waals surface area contributed by atoms with Crippen LogP contribution in [-0.4, -0.2) is 23.6 Å². The lowest BCUT2D eigenvalue weighted by molar-refractivity contribution is -0.137. The molecule has 0 atom stereocenters. The van der Waals surface area contributed by atoms with Crippen LogP contribution in [0.1, 0.15) is 46.0 Å². The Kier molecular flexibility index (Phi) is 12.2. The summed E-state index contributed by atoms with van der Waals surface area (Å²) in [6.45, 7) is 4.35. The van der Waals surface area contributed by atoms with Crippen molar-refractivity contribution in [3.05, 3.63) is 41.5 Å². The molecule has 0 radical (unpaired) electrons. The van der Waals surface area contributed by atoms with E-state index in [2.05, 4.69) is 36.0 Å². The second-order valence-electron chi connectivity index (χ2n) is 4.39. The molecule has 4 nitrogen and oxygen atoms in total. The normalized spacial score (nSPS) is 11.8. The molecule has 0 aliphatic rings. The van der Waals surface area contributed by atoms with Gasteiger partial charge in [-0.3, -0.25) is 0 Å². The first-order valence-electron chi connectivity index (χ1n) is 7.00. The fourth-order valence-electron chi connectivity index (χ4n) is 1.48. The van der Waals surface area contributed by atoms with Crippen molar-refractivity contribution in [2.24, 2.45) is 0 Å². The van der Waals surface area contributed by atoms with Gasteiger partial charge in [0.1, 0.15) is 6.61 Å². The van der Waals surface area contributed by atoms with Crippen LogP contribution in [0.5, 0.6) is 0 Å². The first-order valence-corrected chi connectivity index (χ1v) is 7.00. The van der Waals surface area contributed by atoms with E-state index in [0.717, 1.165) is 38.3 Å². The van der Waals surface area contributed by atoms with Gasteiger partial charge in [-0.2, -0.15) is 4.79 Å². The third-order valence-corrected chi connectivity index (χ3v) is 2.59. The van der Waals surface area contributed by atoms with Gasteiger partial charge in [0.05, 0.1) is 0 Å². The zero-order valence-electron chi connectivity index (χ0n) is 12.4. The largest absolute Gasteiger partial charge is 0.453 e. The van der Waals surface area contributed by atoms with Crippen molar-refractivity contribution in [3.63, 3.8) is 0 Å². The highest BCUT2D eigenvalue weighted by molar-refractivity contribution is 6.20. The molecule has 110 valence electrons. The summed E-state index contributed by atoms with van der Waals surface area (Å²) in [7, 11) is 0. The minimum atomic E-state index is -0.642. The number of rotatable bonds is 10. The minimum Gasteiger partial charge on any atom is -0.453 e. The van der Waals surface area contributed by atoms with Crippen LogP contribution >= 0.6 is 0 Å². The van der Waals surface area contributed by atoms with Crippen molar-refractivity contribution in [2.45, 2.75) is 46.0 Å². The van der Waals surface area contributed by atoms with Gasteiger partial charge >= 0.3 is 12.2 Å². The Balaban J connectivity index is 3.68. The van der Waals surface area contributed by atoms with Crippen molar-refractivity contribution < 1.29 is 14.3 Å². The first kappa shape index (κ1) is 18.1. The number of carbonyl (C=O) groups is 1. The average Bonchev–Trinajstić information content (AvgIpc) is 2.42. The lowest BCUT2D eigenvalue weighted by atomic mass is 10.1. The topological polar surface area (TPSA) is 62.7 Å². The van der Waals surface area contributed by atoms with E-state index < -0.39 is 5.97 Å². The molecule has 0 saturated heterocycles. The average molecular weight is 276 g/mol. The summed E-state index contributed by atoms with van der Waals surface area (Å²) >= 11 is 0. The number of hydrogen-bond donors (Lipinski definition) is 0. The number of hydrogen-bond acceptors (Lipinski definition) is 2. The highest BCUT2D eigenvalue weighted by Crippen LogP contribution is 2.05. The van der Waals surface area contributed by atoms with E-state index >= 15 is 0 Å². The number of ether oxygens (including phenoxy) is 1. The molecule has 0 fully saturated rings. The summed E-state index contributed by atoms with van der Waals surface area (Å²) in [5, 5.41) is 0. The fourth-order valence-corrected chi connectivity index (χ4v) is 1.48. The van der Waals surface area contributed by atoms with Gasteiger partial charge < -0.3 is 10.3 Å². The monoisotopic (exact) mass is 276 g/mol. The van der Waals surface area contributed by atoms with Crippen LogP contribution in [0.2, 0.25) is 0 Å². The van der Waals surface area contributed by atoms with Crippen LogP contribution in [0.25, 0.3) is 5.53 Å². The van der Waals surface area contributed by atoms with E-state index in [-0.39, 0.29) is 6.61 Å².